The van der Waals surface area contributed by atoms with E-state index in [1.165, 1.54) is 59.5 Å². The van der Waals surface area contributed by atoms with Crippen molar-refractivity contribution in [2.45, 2.75) is 32.1 Å². The molecule has 0 heterocycles. The van der Waals surface area contributed by atoms with Gasteiger partial charge in [-0.25, -0.2) is 0 Å². The second-order valence-electron chi connectivity index (χ2n) is 10.2. The van der Waals surface area contributed by atoms with Crippen LogP contribution in [-0.4, -0.2) is 0 Å². The maximum atomic E-state index is 2.41. The molecule has 0 spiro atoms. The van der Waals surface area contributed by atoms with Crippen LogP contribution in [0.15, 0.2) is 115 Å². The fourth-order valence-electron chi connectivity index (χ4n) is 6.38. The van der Waals surface area contributed by atoms with Crippen LogP contribution >= 0.6 is 0 Å². The minimum atomic E-state index is -0.391. The van der Waals surface area contributed by atoms with Crippen molar-refractivity contribution in [2.24, 2.45) is 0 Å². The molecule has 1 unspecified atom stereocenters. The van der Waals surface area contributed by atoms with Crippen LogP contribution in [0.4, 0.5) is 0 Å². The Morgan fingerprint density at radius 3 is 1.44 bits per heavy atom. The van der Waals surface area contributed by atoms with E-state index >= 15 is 0 Å². The third-order valence-corrected chi connectivity index (χ3v) is 8.49. The van der Waals surface area contributed by atoms with Crippen LogP contribution in [0, 0.1) is 20.8 Å². The molecule has 0 nitrogen and oxygen atoms in total. The van der Waals surface area contributed by atoms with Crippen molar-refractivity contribution in [1.82, 2.24) is 0 Å². The molecule has 0 radical (unpaired) electrons. The fraction of sp³-hybridized carbons (Fsp3) is 0.143. The van der Waals surface area contributed by atoms with Gasteiger partial charge < -0.3 is 37.2 Å². The van der Waals surface area contributed by atoms with Crippen molar-refractivity contribution in [3.05, 3.63) is 160 Å². The summed E-state index contributed by atoms with van der Waals surface area (Å²) < 4.78 is 1.35. The molecule has 0 N–H and O–H groups in total. The van der Waals surface area contributed by atoms with Crippen LogP contribution in [0.25, 0.3) is 11.1 Å². The van der Waals surface area contributed by atoms with Gasteiger partial charge in [-0.2, -0.15) is 0 Å². The largest absolute Gasteiger partial charge is 1.00 e. The molecule has 5 aromatic carbocycles. The topological polar surface area (TPSA) is 0 Å². The maximum absolute atomic E-state index is 2.41. The SMILES string of the molecule is Cc1cccc(C(c2cccc(C)c2)(c2cccc(C)c2)C2c3ccccc3-c3ccc[c]([Ti+3])c32)c1.[Cl-].[Cl-].[Cl-]. The van der Waals surface area contributed by atoms with Gasteiger partial charge >= 0.3 is 227 Å². The van der Waals surface area contributed by atoms with Gasteiger partial charge in [0.2, 0.25) is 0 Å². The zero-order chi connectivity index (χ0) is 24.9. The summed E-state index contributed by atoms with van der Waals surface area (Å²) in [5.74, 6) is 0.148. The molecule has 194 valence electrons. The average Bonchev–Trinajstić information content (AvgIpc) is 3.21. The first-order valence-electron chi connectivity index (χ1n) is 12.7. The van der Waals surface area contributed by atoms with E-state index < -0.39 is 5.41 Å². The number of aryl methyl sites for hydroxylation is 3. The molecular weight excluding hydrogens is 575 g/mol. The van der Waals surface area contributed by atoms with Gasteiger partial charge in [0.15, 0.2) is 0 Å². The Morgan fingerprint density at radius 2 is 0.949 bits per heavy atom. The second kappa shape index (κ2) is 12.5. The minimum absolute atomic E-state index is 0. The van der Waals surface area contributed by atoms with E-state index in [-0.39, 0.29) is 43.1 Å². The number of benzene rings is 5. The van der Waals surface area contributed by atoms with E-state index in [4.69, 9.17) is 0 Å². The average molecular weight is 604 g/mol. The van der Waals surface area contributed by atoms with Crippen molar-refractivity contribution in [1.29, 1.82) is 0 Å². The first kappa shape index (κ1) is 31.2. The molecule has 0 fully saturated rings. The van der Waals surface area contributed by atoms with E-state index in [2.05, 4.69) is 156 Å². The van der Waals surface area contributed by atoms with Gasteiger partial charge in [0.1, 0.15) is 0 Å². The maximum Gasteiger partial charge on any atom is -1.00 e. The summed E-state index contributed by atoms with van der Waals surface area (Å²) in [7, 11) is 0. The third kappa shape index (κ3) is 5.15. The standard InChI is InChI=1S/C35H29.3ClH.Ti/c1-24-11-8-14-27(21-24)35(28-15-9-12-25(2)22-28,29-16-10-13-26(3)23-29)34-32-19-6-4-17-30(32)31-18-5-7-20-33(31)34;;;;/h4-19,21-23,34H,1-3H3;3*1H;/q;;;;+3/p-3. The molecule has 4 heteroatoms. The molecule has 1 aliphatic rings. The Bertz CT molecular complexity index is 1500. The smallest absolute Gasteiger partial charge is 1.00 e. The van der Waals surface area contributed by atoms with Crippen LogP contribution < -0.4 is 41.1 Å². The van der Waals surface area contributed by atoms with Crippen LogP contribution in [-0.2, 0) is 25.9 Å². The Labute approximate surface area is 262 Å². The summed E-state index contributed by atoms with van der Waals surface area (Å²) in [6.45, 7) is 6.63. The Hall–Kier alpha value is -2.32. The molecule has 39 heavy (non-hydrogen) atoms. The van der Waals surface area contributed by atoms with Crippen molar-refractivity contribution in [3.63, 3.8) is 0 Å². The first-order valence-corrected chi connectivity index (χ1v) is 13.4. The normalized spacial score (nSPS) is 13.3. The van der Waals surface area contributed by atoms with Gasteiger partial charge in [0, 0.05) is 0 Å². The molecule has 6 rings (SSSR count). The predicted molar refractivity (Wildman–Crippen MR) is 147 cm³/mol. The zero-order valence-corrected chi connectivity index (χ0v) is 26.0. The van der Waals surface area contributed by atoms with Crippen LogP contribution in [0.5, 0.6) is 0 Å². The van der Waals surface area contributed by atoms with Gasteiger partial charge in [-0.1, -0.05) is 0 Å². The molecule has 5 aromatic rings. The van der Waals surface area contributed by atoms with Crippen LogP contribution in [0.2, 0.25) is 0 Å². The van der Waals surface area contributed by atoms with Crippen molar-refractivity contribution < 1.29 is 57.7 Å². The fourth-order valence-corrected chi connectivity index (χ4v) is 6.97. The number of hydrogen-bond acceptors (Lipinski definition) is 0. The van der Waals surface area contributed by atoms with Gasteiger partial charge in [0.25, 0.3) is 0 Å². The summed E-state index contributed by atoms with van der Waals surface area (Å²) in [5.41, 5.74) is 13.1. The molecule has 1 aliphatic carbocycles. The molecule has 0 aromatic heterocycles. The minimum Gasteiger partial charge on any atom is -1.00 e. The Kier molecular flexibility index (Phi) is 9.98. The van der Waals surface area contributed by atoms with E-state index in [0.717, 1.165) is 0 Å². The van der Waals surface area contributed by atoms with Gasteiger partial charge in [0.05, 0.1) is 0 Å². The van der Waals surface area contributed by atoms with Crippen molar-refractivity contribution >= 4 is 3.87 Å². The van der Waals surface area contributed by atoms with Gasteiger partial charge in [-0.3, -0.25) is 0 Å². The molecule has 1 atom stereocenters. The molecule has 0 saturated carbocycles. The summed E-state index contributed by atoms with van der Waals surface area (Å²) >= 11 is 2.28. The predicted octanol–water partition coefficient (Wildman–Crippen LogP) is -1.06. The Morgan fingerprint density at radius 1 is 0.513 bits per heavy atom. The Balaban J connectivity index is 0.00000140. The van der Waals surface area contributed by atoms with Gasteiger partial charge in [-0.15, -0.1) is 0 Å². The van der Waals surface area contributed by atoms with Gasteiger partial charge in [-0.05, 0) is 0 Å². The number of fused-ring (bicyclic) bond motifs is 3. The third-order valence-electron chi connectivity index (χ3n) is 7.81. The van der Waals surface area contributed by atoms with Crippen LogP contribution in [0.3, 0.4) is 0 Å². The molecule has 0 aliphatic heterocycles. The van der Waals surface area contributed by atoms with Crippen LogP contribution in [0.1, 0.15) is 50.4 Å². The van der Waals surface area contributed by atoms with E-state index in [1.54, 1.807) is 0 Å². The number of hydrogen-bond donors (Lipinski definition) is 0. The first-order chi connectivity index (χ1) is 17.5. The summed E-state index contributed by atoms with van der Waals surface area (Å²) in [6.07, 6.45) is 0. The van der Waals surface area contributed by atoms with Crippen molar-refractivity contribution in [2.75, 3.05) is 0 Å². The quantitative estimate of drug-likeness (QED) is 0.182. The van der Waals surface area contributed by atoms with E-state index in [0.29, 0.717) is 0 Å². The molecular formula is C35H29Cl3Ti. The second-order valence-corrected chi connectivity index (χ2v) is 11.0. The molecule has 0 saturated heterocycles. The summed E-state index contributed by atoms with van der Waals surface area (Å²) in [6, 6.07) is 43.4. The van der Waals surface area contributed by atoms with E-state index in [9.17, 15) is 0 Å². The summed E-state index contributed by atoms with van der Waals surface area (Å²) in [5, 5.41) is 0. The summed E-state index contributed by atoms with van der Waals surface area (Å²) in [4.78, 5) is 0. The monoisotopic (exact) mass is 602 g/mol. The number of halogens is 3. The molecule has 0 bridgehead atoms. The zero-order valence-electron chi connectivity index (χ0n) is 22.2. The van der Waals surface area contributed by atoms with Crippen molar-refractivity contribution in [3.8, 4) is 11.1 Å². The number of rotatable bonds is 4. The van der Waals surface area contributed by atoms with E-state index in [1.807, 2.05) is 0 Å². The molecule has 0 amide bonds.